The van der Waals surface area contributed by atoms with E-state index in [4.69, 9.17) is 23.1 Å². The quantitative estimate of drug-likeness (QED) is 0.697. The summed E-state index contributed by atoms with van der Waals surface area (Å²) in [5.41, 5.74) is 11.7. The number of primary amides is 1. The third-order valence-corrected chi connectivity index (χ3v) is 4.53. The summed E-state index contributed by atoms with van der Waals surface area (Å²) in [7, 11) is -3.84. The number of hydrogen-bond acceptors (Lipinski definition) is 4. The number of carbonyl (C=O) groups is 1. The van der Waals surface area contributed by atoms with Crippen LogP contribution in [0.1, 0.15) is 18.9 Å². The zero-order chi connectivity index (χ0) is 14.8. The maximum Gasteiger partial charge on any atom is 0.242 e. The number of halogens is 1. The van der Waals surface area contributed by atoms with Gasteiger partial charge in [0.25, 0.3) is 0 Å². The second-order valence-electron chi connectivity index (χ2n) is 4.33. The minimum Gasteiger partial charge on any atom is -0.398 e. The van der Waals surface area contributed by atoms with E-state index >= 15 is 0 Å². The summed E-state index contributed by atoms with van der Waals surface area (Å²) >= 11 is 5.91. The van der Waals surface area contributed by atoms with Gasteiger partial charge in [0.05, 0.1) is 5.02 Å². The summed E-state index contributed by atoms with van der Waals surface area (Å²) in [6, 6.07) is 2.14. The first-order chi connectivity index (χ1) is 8.63. The molecule has 0 fully saturated rings. The molecule has 0 aliphatic rings. The topological polar surface area (TPSA) is 115 Å². The Kier molecular flexibility index (Phi) is 4.78. The highest BCUT2D eigenvalue weighted by Gasteiger charge is 2.22. The number of nitrogen functional groups attached to an aromatic ring is 1. The standard InChI is InChI=1S/C11H16ClN3O3S/c1-6-3-8(12)10(5-9(6)13)19(17,18)15-7(2)4-11(14)16/h3,5,7,15H,4,13H2,1-2H3,(H2,14,16). The number of nitrogens with two attached hydrogens (primary N) is 2. The van der Waals surface area contributed by atoms with Gasteiger partial charge in [-0.1, -0.05) is 11.6 Å². The molecule has 1 aromatic carbocycles. The molecule has 0 aliphatic heterocycles. The zero-order valence-electron chi connectivity index (χ0n) is 10.6. The van der Waals surface area contributed by atoms with Crippen molar-refractivity contribution in [3.8, 4) is 0 Å². The molecule has 19 heavy (non-hydrogen) atoms. The molecule has 0 radical (unpaired) electrons. The summed E-state index contributed by atoms with van der Waals surface area (Å²) in [5, 5.41) is 0.0745. The molecule has 1 amide bonds. The first-order valence-corrected chi connectivity index (χ1v) is 7.36. The number of rotatable bonds is 5. The highest BCUT2D eigenvalue weighted by Crippen LogP contribution is 2.26. The SMILES string of the molecule is Cc1cc(Cl)c(S(=O)(=O)NC(C)CC(N)=O)cc1N. The van der Waals surface area contributed by atoms with Crippen molar-refractivity contribution in [2.45, 2.75) is 31.2 Å². The third-order valence-electron chi connectivity index (χ3n) is 2.47. The molecule has 0 saturated carbocycles. The Hall–Kier alpha value is -1.31. The lowest BCUT2D eigenvalue weighted by atomic mass is 10.2. The number of amides is 1. The third kappa shape index (κ3) is 4.09. The van der Waals surface area contributed by atoms with E-state index in [0.717, 1.165) is 0 Å². The molecule has 0 saturated heterocycles. The molecule has 5 N–H and O–H groups in total. The van der Waals surface area contributed by atoms with E-state index in [1.54, 1.807) is 6.92 Å². The number of carbonyl (C=O) groups excluding carboxylic acids is 1. The van der Waals surface area contributed by atoms with Gasteiger partial charge < -0.3 is 11.5 Å². The maximum atomic E-state index is 12.1. The van der Waals surface area contributed by atoms with Crippen LogP contribution in [-0.2, 0) is 14.8 Å². The predicted molar refractivity (Wildman–Crippen MR) is 74.2 cm³/mol. The number of benzene rings is 1. The Labute approximate surface area is 117 Å². The van der Waals surface area contributed by atoms with Crippen molar-refractivity contribution in [2.24, 2.45) is 5.73 Å². The summed E-state index contributed by atoms with van der Waals surface area (Å²) < 4.78 is 26.5. The van der Waals surface area contributed by atoms with E-state index in [9.17, 15) is 13.2 Å². The summed E-state index contributed by atoms with van der Waals surface area (Å²) in [6.45, 7) is 3.26. The van der Waals surface area contributed by atoms with E-state index in [2.05, 4.69) is 4.72 Å². The Morgan fingerprint density at radius 1 is 1.47 bits per heavy atom. The van der Waals surface area contributed by atoms with Crippen LogP contribution in [0.4, 0.5) is 5.69 Å². The first-order valence-electron chi connectivity index (χ1n) is 5.49. The highest BCUT2D eigenvalue weighted by molar-refractivity contribution is 7.89. The summed E-state index contributed by atoms with van der Waals surface area (Å²) in [6.07, 6.45) is -0.0990. The maximum absolute atomic E-state index is 12.1. The van der Waals surface area contributed by atoms with Gasteiger partial charge in [0.1, 0.15) is 4.90 Å². The van der Waals surface area contributed by atoms with Crippen molar-refractivity contribution >= 4 is 33.2 Å². The van der Waals surface area contributed by atoms with E-state index in [0.29, 0.717) is 11.3 Å². The Morgan fingerprint density at radius 3 is 2.58 bits per heavy atom. The van der Waals surface area contributed by atoms with Crippen molar-refractivity contribution in [1.82, 2.24) is 4.72 Å². The molecule has 0 spiro atoms. The fourth-order valence-corrected chi connectivity index (χ4v) is 3.41. The van der Waals surface area contributed by atoms with Crippen LogP contribution in [0.2, 0.25) is 5.02 Å². The van der Waals surface area contributed by atoms with Gasteiger partial charge in [0.2, 0.25) is 15.9 Å². The molecule has 1 aromatic rings. The van der Waals surface area contributed by atoms with Crippen LogP contribution in [0.15, 0.2) is 17.0 Å². The van der Waals surface area contributed by atoms with Gasteiger partial charge in [-0.2, -0.15) is 0 Å². The average Bonchev–Trinajstić information content (AvgIpc) is 2.20. The van der Waals surface area contributed by atoms with E-state index in [1.165, 1.54) is 19.1 Å². The highest BCUT2D eigenvalue weighted by atomic mass is 35.5. The Bertz CT molecular complexity index is 601. The van der Waals surface area contributed by atoms with Crippen LogP contribution in [-0.4, -0.2) is 20.4 Å². The number of hydrogen-bond donors (Lipinski definition) is 3. The largest absolute Gasteiger partial charge is 0.398 e. The predicted octanol–water partition coefficient (Wildman–Crippen LogP) is 0.773. The van der Waals surface area contributed by atoms with Gasteiger partial charge in [0.15, 0.2) is 0 Å². The van der Waals surface area contributed by atoms with Gasteiger partial charge in [-0.25, -0.2) is 13.1 Å². The van der Waals surface area contributed by atoms with Crippen LogP contribution in [0, 0.1) is 6.92 Å². The van der Waals surface area contributed by atoms with Gasteiger partial charge in [-0.15, -0.1) is 0 Å². The molecule has 106 valence electrons. The van der Waals surface area contributed by atoms with Crippen molar-refractivity contribution in [3.05, 3.63) is 22.7 Å². The fourth-order valence-electron chi connectivity index (χ4n) is 1.55. The van der Waals surface area contributed by atoms with E-state index in [-0.39, 0.29) is 16.3 Å². The lowest BCUT2D eigenvalue weighted by molar-refractivity contribution is -0.118. The van der Waals surface area contributed by atoms with Crippen molar-refractivity contribution in [1.29, 1.82) is 0 Å². The molecule has 0 aliphatic carbocycles. The fraction of sp³-hybridized carbons (Fsp3) is 0.364. The van der Waals surface area contributed by atoms with E-state index in [1.807, 2.05) is 0 Å². The summed E-state index contributed by atoms with van der Waals surface area (Å²) in [5.74, 6) is -0.593. The molecule has 0 heterocycles. The molecular weight excluding hydrogens is 290 g/mol. The van der Waals surface area contributed by atoms with Crippen molar-refractivity contribution in [2.75, 3.05) is 5.73 Å². The molecule has 1 unspecified atom stereocenters. The van der Waals surface area contributed by atoms with Crippen LogP contribution in [0.3, 0.4) is 0 Å². The lowest BCUT2D eigenvalue weighted by Crippen LogP contribution is -2.35. The van der Waals surface area contributed by atoms with E-state index < -0.39 is 22.0 Å². The molecule has 0 bridgehead atoms. The molecule has 8 heteroatoms. The van der Waals surface area contributed by atoms with Gasteiger partial charge in [-0.3, -0.25) is 4.79 Å². The number of sulfonamides is 1. The normalized spacial score (nSPS) is 13.2. The smallest absolute Gasteiger partial charge is 0.242 e. The minimum absolute atomic E-state index is 0.0745. The Morgan fingerprint density at radius 2 is 2.05 bits per heavy atom. The number of aryl methyl sites for hydroxylation is 1. The number of anilines is 1. The molecule has 1 atom stereocenters. The van der Waals surface area contributed by atoms with Crippen LogP contribution < -0.4 is 16.2 Å². The zero-order valence-corrected chi connectivity index (χ0v) is 12.2. The van der Waals surface area contributed by atoms with Gasteiger partial charge in [0, 0.05) is 18.2 Å². The van der Waals surface area contributed by atoms with Gasteiger partial charge >= 0.3 is 0 Å². The monoisotopic (exact) mass is 305 g/mol. The van der Waals surface area contributed by atoms with Crippen LogP contribution in [0.5, 0.6) is 0 Å². The lowest BCUT2D eigenvalue weighted by Gasteiger charge is -2.14. The first kappa shape index (κ1) is 15.7. The second kappa shape index (κ2) is 5.77. The molecule has 1 rings (SSSR count). The molecular formula is C11H16ClN3O3S. The van der Waals surface area contributed by atoms with Crippen LogP contribution in [0.25, 0.3) is 0 Å². The average molecular weight is 306 g/mol. The van der Waals surface area contributed by atoms with Gasteiger partial charge in [-0.05, 0) is 31.5 Å². The molecule has 0 aromatic heterocycles. The number of nitrogens with one attached hydrogen (secondary N) is 1. The van der Waals surface area contributed by atoms with Crippen LogP contribution >= 0.6 is 11.6 Å². The second-order valence-corrected chi connectivity index (χ2v) is 6.42. The summed E-state index contributed by atoms with van der Waals surface area (Å²) in [4.78, 5) is 10.6. The molecule has 6 nitrogen and oxygen atoms in total. The van der Waals surface area contributed by atoms with Crippen molar-refractivity contribution < 1.29 is 13.2 Å². The Balaban J connectivity index is 3.07. The van der Waals surface area contributed by atoms with Crippen molar-refractivity contribution in [3.63, 3.8) is 0 Å². The minimum atomic E-state index is -3.84.